The fourth-order valence-electron chi connectivity index (χ4n) is 4.89. The van der Waals surface area contributed by atoms with E-state index in [0.717, 1.165) is 5.56 Å². The molecule has 0 unspecified atom stereocenters. The zero-order valence-corrected chi connectivity index (χ0v) is 25.9. The normalized spacial score (nSPS) is 21.0. The van der Waals surface area contributed by atoms with Crippen molar-refractivity contribution in [1.29, 1.82) is 0 Å². The molecule has 1 aliphatic rings. The summed E-state index contributed by atoms with van der Waals surface area (Å²) >= 11 is 0. The van der Waals surface area contributed by atoms with Crippen LogP contribution < -0.4 is 21.3 Å². The highest BCUT2D eigenvalue weighted by Crippen LogP contribution is 2.19. The van der Waals surface area contributed by atoms with Crippen LogP contribution in [0.25, 0.3) is 11.4 Å². The Morgan fingerprint density at radius 2 is 1.69 bits per heavy atom. The van der Waals surface area contributed by atoms with E-state index in [1.807, 2.05) is 44.2 Å². The lowest BCUT2D eigenvalue weighted by Crippen LogP contribution is -2.54. The van der Waals surface area contributed by atoms with Gasteiger partial charge in [-0.15, -0.1) is 0 Å². The van der Waals surface area contributed by atoms with Crippen molar-refractivity contribution >= 4 is 29.5 Å². The molecule has 0 spiro atoms. The van der Waals surface area contributed by atoms with Gasteiger partial charge in [-0.2, -0.15) is 10.2 Å². The molecule has 45 heavy (non-hydrogen) atoms. The summed E-state index contributed by atoms with van der Waals surface area (Å²) in [5.74, 6) is -1.55. The summed E-state index contributed by atoms with van der Waals surface area (Å²) in [4.78, 5) is 71.6. The largest absolute Gasteiger partial charge is 0.354 e. The van der Waals surface area contributed by atoms with Crippen molar-refractivity contribution in [3.8, 4) is 11.4 Å². The quantitative estimate of drug-likeness (QED) is 0.279. The van der Waals surface area contributed by atoms with E-state index in [9.17, 15) is 24.0 Å². The van der Waals surface area contributed by atoms with Gasteiger partial charge in [0.2, 0.25) is 23.6 Å². The number of benzene rings is 1. The van der Waals surface area contributed by atoms with Gasteiger partial charge in [0, 0.05) is 24.8 Å². The van der Waals surface area contributed by atoms with E-state index < -0.39 is 41.8 Å². The second kappa shape index (κ2) is 15.1. The molecule has 1 aromatic carbocycles. The zero-order valence-electron chi connectivity index (χ0n) is 25.9. The molecule has 15 heteroatoms. The molecule has 0 saturated carbocycles. The lowest BCUT2D eigenvalue weighted by atomic mass is 10.0. The summed E-state index contributed by atoms with van der Waals surface area (Å²) in [6, 6.07) is 8.21. The van der Waals surface area contributed by atoms with Gasteiger partial charge in [0.25, 0.3) is 5.91 Å². The van der Waals surface area contributed by atoms with E-state index in [1.54, 1.807) is 6.92 Å². The van der Waals surface area contributed by atoms with Crippen LogP contribution in [-0.4, -0.2) is 91.1 Å². The maximum Gasteiger partial charge on any atom is 0.272 e. The van der Waals surface area contributed by atoms with Crippen LogP contribution in [-0.2, 0) is 25.7 Å². The molecular weight excluding hydrogens is 580 g/mol. The molecule has 0 radical (unpaired) electrons. The molecule has 4 rings (SSSR count). The molecule has 5 amide bonds. The Balaban J connectivity index is 1.63. The Bertz CT molecular complexity index is 1490. The number of hydrogen-bond acceptors (Lipinski definition) is 8. The van der Waals surface area contributed by atoms with Crippen molar-refractivity contribution in [2.45, 2.75) is 65.2 Å². The van der Waals surface area contributed by atoms with Crippen molar-refractivity contribution in [2.75, 3.05) is 19.6 Å². The van der Waals surface area contributed by atoms with Gasteiger partial charge in [-0.1, -0.05) is 44.2 Å². The second-order valence-corrected chi connectivity index (χ2v) is 11.4. The number of carbonyl (C=O) groups is 5. The topological polar surface area (TPSA) is 196 Å². The van der Waals surface area contributed by atoms with Crippen LogP contribution in [0, 0.1) is 5.92 Å². The van der Waals surface area contributed by atoms with Gasteiger partial charge in [0.05, 0.1) is 12.6 Å². The number of nitrogens with zero attached hydrogens (tertiary/aromatic N) is 5. The molecule has 3 atom stereocenters. The predicted molar refractivity (Wildman–Crippen MR) is 163 cm³/mol. The minimum atomic E-state index is -0.987. The van der Waals surface area contributed by atoms with Crippen LogP contribution in [0.4, 0.5) is 0 Å². The van der Waals surface area contributed by atoms with E-state index in [-0.39, 0.29) is 43.7 Å². The average molecular weight is 621 g/mol. The number of fused-ring (bicyclic) bond motifs is 1. The van der Waals surface area contributed by atoms with Crippen molar-refractivity contribution < 1.29 is 24.0 Å². The molecule has 240 valence electrons. The van der Waals surface area contributed by atoms with Crippen LogP contribution in [0.2, 0.25) is 0 Å². The van der Waals surface area contributed by atoms with E-state index in [1.165, 1.54) is 28.8 Å². The summed E-state index contributed by atoms with van der Waals surface area (Å²) in [5.41, 5.74) is 0.939. The van der Waals surface area contributed by atoms with E-state index in [0.29, 0.717) is 24.5 Å². The number of hydrogen-bond donors (Lipinski definition) is 5. The molecule has 2 aromatic heterocycles. The van der Waals surface area contributed by atoms with Crippen LogP contribution in [0.3, 0.4) is 0 Å². The molecule has 0 bridgehead atoms. The first kappa shape index (κ1) is 32.8. The maximum atomic E-state index is 13.5. The van der Waals surface area contributed by atoms with Gasteiger partial charge in [-0.05, 0) is 38.7 Å². The molecule has 0 saturated heterocycles. The smallest absolute Gasteiger partial charge is 0.272 e. The highest BCUT2D eigenvalue weighted by atomic mass is 16.2. The van der Waals surface area contributed by atoms with Crippen molar-refractivity contribution in [3.05, 3.63) is 54.1 Å². The third-order valence-corrected chi connectivity index (χ3v) is 7.16. The lowest BCUT2D eigenvalue weighted by Gasteiger charge is -2.25. The highest BCUT2D eigenvalue weighted by Gasteiger charge is 2.29. The summed E-state index contributed by atoms with van der Waals surface area (Å²) in [6.07, 6.45) is 2.11. The molecule has 3 heterocycles. The Morgan fingerprint density at radius 3 is 2.38 bits per heavy atom. The van der Waals surface area contributed by atoms with Gasteiger partial charge < -0.3 is 26.2 Å². The van der Waals surface area contributed by atoms with Crippen molar-refractivity contribution in [3.63, 3.8) is 0 Å². The Morgan fingerprint density at radius 1 is 0.933 bits per heavy atom. The number of aromatic nitrogens is 5. The van der Waals surface area contributed by atoms with Crippen molar-refractivity contribution in [2.24, 2.45) is 5.92 Å². The first-order valence-electron chi connectivity index (χ1n) is 15.0. The van der Waals surface area contributed by atoms with Gasteiger partial charge in [0.1, 0.15) is 30.1 Å². The predicted octanol–water partition coefficient (Wildman–Crippen LogP) is 0.543. The summed E-state index contributed by atoms with van der Waals surface area (Å²) < 4.78 is 1.45. The fourth-order valence-corrected chi connectivity index (χ4v) is 4.89. The number of rotatable bonds is 4. The standard InChI is InChI=1S/C30H40N10O5/c1-18(2)15-23-29(44)34-19(3)27-36-26(21-9-6-5-7-10-21)38-40(27)17-24(41)31-12-8-14-39(30(45)22-11-13-32-37-22)16-25(42)33-20(4)28(43)35-23/h5-7,9-11,13,18-20,23H,8,12,14-17H2,1-4H3,(H,31,41)(H,32,37)(H,33,42)(H,34,44)(H,35,43)/t19-,20+,23+/m0/s1. The molecule has 0 aliphatic carbocycles. The molecule has 0 fully saturated rings. The Labute approximate surface area is 260 Å². The summed E-state index contributed by atoms with van der Waals surface area (Å²) in [6.45, 7) is 6.95. The zero-order chi connectivity index (χ0) is 32.5. The van der Waals surface area contributed by atoms with Gasteiger partial charge in [-0.25, -0.2) is 9.67 Å². The summed E-state index contributed by atoms with van der Waals surface area (Å²) in [5, 5.41) is 22.1. The third kappa shape index (κ3) is 8.97. The second-order valence-electron chi connectivity index (χ2n) is 11.4. The number of aromatic amines is 1. The fraction of sp³-hybridized carbons (Fsp3) is 0.467. The van der Waals surface area contributed by atoms with E-state index in [2.05, 4.69) is 41.5 Å². The van der Waals surface area contributed by atoms with Gasteiger partial charge in [-0.3, -0.25) is 29.1 Å². The van der Waals surface area contributed by atoms with Crippen LogP contribution in [0.1, 0.15) is 62.9 Å². The molecule has 5 N–H and O–H groups in total. The van der Waals surface area contributed by atoms with E-state index >= 15 is 0 Å². The van der Waals surface area contributed by atoms with Gasteiger partial charge >= 0.3 is 0 Å². The summed E-state index contributed by atoms with van der Waals surface area (Å²) in [7, 11) is 0. The minimum Gasteiger partial charge on any atom is -0.354 e. The first-order chi connectivity index (χ1) is 21.5. The monoisotopic (exact) mass is 620 g/mol. The molecule has 3 aromatic rings. The third-order valence-electron chi connectivity index (χ3n) is 7.16. The van der Waals surface area contributed by atoms with E-state index in [4.69, 9.17) is 0 Å². The van der Waals surface area contributed by atoms with Crippen molar-refractivity contribution in [1.82, 2.24) is 51.1 Å². The highest BCUT2D eigenvalue weighted by molar-refractivity contribution is 5.96. The number of amides is 5. The molecular formula is C30H40N10O5. The Hall–Kier alpha value is -5.08. The number of carbonyl (C=O) groups excluding carboxylic acids is 5. The number of nitrogens with one attached hydrogen (secondary N) is 5. The molecule has 15 nitrogen and oxygen atoms in total. The Kier molecular flexibility index (Phi) is 11.0. The minimum absolute atomic E-state index is 0.0574. The van der Waals surface area contributed by atoms with Crippen LogP contribution in [0.15, 0.2) is 42.6 Å². The maximum absolute atomic E-state index is 13.5. The average Bonchev–Trinajstić information content (AvgIpc) is 3.68. The first-order valence-corrected chi connectivity index (χ1v) is 15.0. The lowest BCUT2D eigenvalue weighted by molar-refractivity contribution is -0.132. The molecule has 1 aliphatic heterocycles. The number of H-pyrrole nitrogens is 1. The van der Waals surface area contributed by atoms with Gasteiger partial charge in [0.15, 0.2) is 5.82 Å². The van der Waals surface area contributed by atoms with Crippen LogP contribution >= 0.6 is 0 Å². The van der Waals surface area contributed by atoms with Crippen LogP contribution in [0.5, 0.6) is 0 Å². The SMILES string of the molecule is CC(C)C[C@H]1NC(=O)[C@@H](C)NC(=O)CN(C(=O)c2ccn[nH]2)CCCNC(=O)Cn2nc(-c3ccccc3)nc2[C@H](C)NC1=O.